The van der Waals surface area contributed by atoms with Gasteiger partial charge in [0, 0.05) is 44.9 Å². The molecule has 0 aliphatic carbocycles. The zero-order valence-corrected chi connectivity index (χ0v) is 16.5. The van der Waals surface area contributed by atoms with Crippen LogP contribution in [0.5, 0.6) is 5.75 Å². The Morgan fingerprint density at radius 1 is 1.16 bits per heavy atom. The third-order valence-electron chi connectivity index (χ3n) is 3.90. The van der Waals surface area contributed by atoms with Gasteiger partial charge < -0.3 is 20.1 Å². The maximum absolute atomic E-state index is 5.96. The second-order valence-corrected chi connectivity index (χ2v) is 5.88. The first kappa shape index (κ1) is 21.5. The summed E-state index contributed by atoms with van der Waals surface area (Å²) in [6.45, 7) is 15.5. The quantitative estimate of drug-likeness (QED) is 0.737. The van der Waals surface area contributed by atoms with Crippen molar-refractivity contribution in [3.8, 4) is 5.75 Å². The average Bonchev–Trinajstić information content (AvgIpc) is 2.64. The Kier molecular flexibility index (Phi) is 11.0. The summed E-state index contributed by atoms with van der Waals surface area (Å²) in [4.78, 5) is 9.09. The summed E-state index contributed by atoms with van der Waals surface area (Å²) in [5.74, 6) is 2.23. The maximum atomic E-state index is 5.96. The molecule has 1 saturated heterocycles. The third-order valence-corrected chi connectivity index (χ3v) is 3.90. The van der Waals surface area contributed by atoms with E-state index in [2.05, 4.69) is 28.6 Å². The number of morpholine rings is 1. The largest absolute Gasteiger partial charge is 0.492 e. The summed E-state index contributed by atoms with van der Waals surface area (Å²) in [5, 5.41) is 0. The first-order valence-corrected chi connectivity index (χ1v) is 9.68. The Labute approximate surface area is 153 Å². The molecule has 0 radical (unpaired) electrons. The van der Waals surface area contributed by atoms with Gasteiger partial charge in [-0.05, 0) is 12.8 Å². The van der Waals surface area contributed by atoms with Crippen LogP contribution in [-0.2, 0) is 4.74 Å². The average molecular weight is 353 g/mol. The fourth-order valence-electron chi connectivity index (χ4n) is 2.75. The van der Waals surface area contributed by atoms with Crippen LogP contribution in [0, 0.1) is 0 Å². The molecular weight excluding hydrogens is 316 g/mol. The number of pyridine rings is 1. The topological polar surface area (TPSA) is 63.9 Å². The van der Waals surface area contributed by atoms with Crippen LogP contribution in [0.15, 0.2) is 12.1 Å². The van der Waals surface area contributed by atoms with E-state index in [9.17, 15) is 0 Å². The van der Waals surface area contributed by atoms with Crippen molar-refractivity contribution in [1.82, 2.24) is 9.88 Å². The monoisotopic (exact) mass is 352 g/mol. The zero-order chi connectivity index (χ0) is 18.5. The molecule has 0 unspecified atom stereocenters. The number of rotatable bonds is 9. The lowest BCUT2D eigenvalue weighted by Crippen LogP contribution is -2.38. The van der Waals surface area contributed by atoms with Gasteiger partial charge in [0.15, 0.2) is 0 Å². The maximum Gasteiger partial charge on any atom is 0.134 e. The number of anilines is 2. The van der Waals surface area contributed by atoms with Gasteiger partial charge in [-0.1, -0.05) is 27.7 Å². The van der Waals surface area contributed by atoms with Gasteiger partial charge in [0.25, 0.3) is 0 Å². The molecule has 1 aliphatic heterocycles. The van der Waals surface area contributed by atoms with Gasteiger partial charge >= 0.3 is 0 Å². The highest BCUT2D eigenvalue weighted by atomic mass is 16.5. The van der Waals surface area contributed by atoms with E-state index in [1.54, 1.807) is 6.07 Å². The Bertz CT molecular complexity index is 459. The highest BCUT2D eigenvalue weighted by molar-refractivity contribution is 5.51. The normalized spacial score (nSPS) is 14.6. The zero-order valence-electron chi connectivity index (χ0n) is 16.5. The van der Waals surface area contributed by atoms with Crippen LogP contribution in [0.3, 0.4) is 0 Å². The molecule has 6 nitrogen and oxygen atoms in total. The van der Waals surface area contributed by atoms with Crippen molar-refractivity contribution in [2.24, 2.45) is 0 Å². The van der Waals surface area contributed by atoms with Crippen LogP contribution in [0.25, 0.3) is 0 Å². The van der Waals surface area contributed by atoms with E-state index in [1.807, 2.05) is 19.9 Å². The van der Waals surface area contributed by atoms with Gasteiger partial charge in [0.1, 0.15) is 24.0 Å². The number of hydrogen-bond acceptors (Lipinski definition) is 6. The molecule has 2 heterocycles. The summed E-state index contributed by atoms with van der Waals surface area (Å²) < 4.78 is 11.3. The van der Waals surface area contributed by atoms with Crippen LogP contribution >= 0.6 is 0 Å². The predicted molar refractivity (Wildman–Crippen MR) is 106 cm³/mol. The van der Waals surface area contributed by atoms with E-state index in [1.165, 1.54) is 0 Å². The third kappa shape index (κ3) is 7.92. The number of nitrogens with two attached hydrogens (primary N) is 1. The van der Waals surface area contributed by atoms with Crippen molar-refractivity contribution in [2.45, 2.75) is 40.5 Å². The lowest BCUT2D eigenvalue weighted by atomic mass is 10.3. The smallest absolute Gasteiger partial charge is 0.134 e. The summed E-state index contributed by atoms with van der Waals surface area (Å²) in [5.41, 5.74) is 5.96. The van der Waals surface area contributed by atoms with Crippen molar-refractivity contribution in [1.29, 1.82) is 0 Å². The first-order chi connectivity index (χ1) is 12.2. The number of hydrogen-bond donors (Lipinski definition) is 1. The molecule has 0 bridgehead atoms. The molecule has 1 aromatic rings. The molecular formula is C19H36N4O2. The van der Waals surface area contributed by atoms with Crippen LogP contribution < -0.4 is 15.4 Å². The van der Waals surface area contributed by atoms with Crippen molar-refractivity contribution in [3.05, 3.63) is 12.1 Å². The number of aromatic nitrogens is 1. The van der Waals surface area contributed by atoms with Crippen LogP contribution in [0.4, 0.5) is 11.6 Å². The van der Waals surface area contributed by atoms with Gasteiger partial charge in [-0.25, -0.2) is 4.98 Å². The molecule has 2 rings (SSSR count). The van der Waals surface area contributed by atoms with E-state index < -0.39 is 0 Å². The molecule has 6 heteroatoms. The van der Waals surface area contributed by atoms with E-state index in [4.69, 9.17) is 15.2 Å². The molecule has 0 saturated carbocycles. The molecule has 0 amide bonds. The standard InChI is InChI=1S/C17H30N4O2.C2H6/c1-3-5-21(6-4-2)17-14-15(13-16(18)19-17)23-12-9-20-7-10-22-11-8-20;1-2/h13-14H,3-12H2,1-2H3,(H2,18,19);1-2H3. The van der Waals surface area contributed by atoms with Gasteiger partial charge in [-0.2, -0.15) is 0 Å². The summed E-state index contributed by atoms with van der Waals surface area (Å²) in [6.07, 6.45) is 2.17. The number of nitrogen functional groups attached to an aromatic ring is 1. The SMILES string of the molecule is CC.CCCN(CCC)c1cc(OCCN2CCOCC2)cc(N)n1. The fourth-order valence-corrected chi connectivity index (χ4v) is 2.75. The van der Waals surface area contributed by atoms with E-state index in [-0.39, 0.29) is 0 Å². The lowest BCUT2D eigenvalue weighted by molar-refractivity contribution is 0.0322. The van der Waals surface area contributed by atoms with Crippen molar-refractivity contribution < 1.29 is 9.47 Å². The van der Waals surface area contributed by atoms with Gasteiger partial charge in [0.05, 0.1) is 13.2 Å². The Morgan fingerprint density at radius 3 is 2.40 bits per heavy atom. The Hall–Kier alpha value is -1.53. The van der Waals surface area contributed by atoms with Gasteiger partial charge in [0.2, 0.25) is 0 Å². The lowest BCUT2D eigenvalue weighted by Gasteiger charge is -2.26. The van der Waals surface area contributed by atoms with Crippen LogP contribution in [0.2, 0.25) is 0 Å². The second kappa shape index (κ2) is 12.8. The minimum atomic E-state index is 0.515. The highest BCUT2D eigenvalue weighted by Gasteiger charge is 2.12. The second-order valence-electron chi connectivity index (χ2n) is 5.88. The molecule has 0 spiro atoms. The van der Waals surface area contributed by atoms with Gasteiger partial charge in [-0.3, -0.25) is 4.90 Å². The summed E-state index contributed by atoms with van der Waals surface area (Å²) in [7, 11) is 0. The van der Waals surface area contributed by atoms with E-state index in [0.717, 1.165) is 70.3 Å². The fraction of sp³-hybridized carbons (Fsp3) is 0.737. The van der Waals surface area contributed by atoms with Gasteiger partial charge in [-0.15, -0.1) is 0 Å². The van der Waals surface area contributed by atoms with Crippen LogP contribution in [-0.4, -0.2) is 62.4 Å². The minimum Gasteiger partial charge on any atom is -0.492 e. The molecule has 1 aliphatic rings. The number of nitrogens with zero attached hydrogens (tertiary/aromatic N) is 3. The predicted octanol–water partition coefficient (Wildman–Crippen LogP) is 3.03. The van der Waals surface area contributed by atoms with E-state index >= 15 is 0 Å². The Balaban J connectivity index is 0.00000151. The highest BCUT2D eigenvalue weighted by Crippen LogP contribution is 2.22. The molecule has 144 valence electrons. The minimum absolute atomic E-state index is 0.515. The molecule has 1 fully saturated rings. The Morgan fingerprint density at radius 2 is 1.80 bits per heavy atom. The van der Waals surface area contributed by atoms with Crippen molar-refractivity contribution >= 4 is 11.6 Å². The number of ether oxygens (including phenoxy) is 2. The molecule has 1 aromatic heterocycles. The first-order valence-electron chi connectivity index (χ1n) is 9.68. The summed E-state index contributed by atoms with van der Waals surface area (Å²) in [6, 6.07) is 3.81. The molecule has 2 N–H and O–H groups in total. The van der Waals surface area contributed by atoms with Crippen molar-refractivity contribution in [3.63, 3.8) is 0 Å². The molecule has 0 atom stereocenters. The summed E-state index contributed by atoms with van der Waals surface area (Å²) >= 11 is 0. The van der Waals surface area contributed by atoms with Crippen molar-refractivity contribution in [2.75, 3.05) is 63.2 Å². The van der Waals surface area contributed by atoms with E-state index in [0.29, 0.717) is 12.4 Å². The molecule has 25 heavy (non-hydrogen) atoms. The molecule has 0 aromatic carbocycles. The van der Waals surface area contributed by atoms with Crippen LogP contribution in [0.1, 0.15) is 40.5 Å².